The number of unbranched alkanes of at least 4 members (excludes halogenated alkanes) is 38. The third-order valence-electron chi connectivity index (χ3n) is 12.9. The van der Waals surface area contributed by atoms with Gasteiger partial charge in [-0.3, -0.25) is 9.59 Å². The van der Waals surface area contributed by atoms with Crippen molar-refractivity contribution in [1.29, 1.82) is 0 Å². The molecule has 0 heterocycles. The Balaban J connectivity index is 0. The van der Waals surface area contributed by atoms with Gasteiger partial charge in [0.2, 0.25) is 0 Å². The largest absolute Gasteiger partial charge is 0.481 e. The molecule has 0 saturated heterocycles. The van der Waals surface area contributed by atoms with Crippen LogP contribution in [0.15, 0.2) is 0 Å². The zero-order valence-corrected chi connectivity index (χ0v) is 41.7. The summed E-state index contributed by atoms with van der Waals surface area (Å²) < 4.78 is 4.93. The zero-order chi connectivity index (χ0) is 45.0. The lowest BCUT2D eigenvalue weighted by atomic mass is 9.92. The first kappa shape index (κ1) is 61.9. The fraction of sp³-hybridized carbons (Fsp3) is 0.964. The smallest absolute Gasteiger partial charge is 0.305 e. The maximum atomic E-state index is 11.5. The predicted molar refractivity (Wildman–Crippen MR) is 265 cm³/mol. The molecule has 0 amide bonds. The van der Waals surface area contributed by atoms with E-state index in [4.69, 9.17) is 14.9 Å². The number of ether oxygens (including phenoxy) is 1. The van der Waals surface area contributed by atoms with Gasteiger partial charge in [0.15, 0.2) is 0 Å². The van der Waals surface area contributed by atoms with Gasteiger partial charge in [-0.05, 0) is 18.8 Å². The molecule has 6 nitrogen and oxygen atoms in total. The molecular weight excluding hydrogens is 757 g/mol. The molecule has 61 heavy (non-hydrogen) atoms. The average molecular weight is 867 g/mol. The molecule has 0 fully saturated rings. The van der Waals surface area contributed by atoms with Crippen molar-refractivity contribution in [1.82, 2.24) is 0 Å². The summed E-state index contributed by atoms with van der Waals surface area (Å²) in [7, 11) is 0. The Kier molecular flexibility index (Phi) is 55.8. The number of rotatable bonds is 50. The van der Waals surface area contributed by atoms with Crippen LogP contribution in [0, 0.1) is 5.92 Å². The van der Waals surface area contributed by atoms with E-state index in [9.17, 15) is 14.7 Å². The lowest BCUT2D eigenvalue weighted by molar-refractivity contribution is -0.147. The third kappa shape index (κ3) is 56.8. The van der Waals surface area contributed by atoms with Crippen LogP contribution in [0.5, 0.6) is 0 Å². The first-order chi connectivity index (χ1) is 29.9. The SMILES string of the molecule is CCCCCCCCCCCC(=O)O.CCCCCCCCCCCCCCCCCCC(CC)CCCCCCCCCCCCCCCCCCC(=O)OCC(O)CO. The Hall–Kier alpha value is -1.14. The molecule has 0 aromatic carbocycles. The number of esters is 1. The summed E-state index contributed by atoms with van der Waals surface area (Å²) in [5.74, 6) is 0.0544. The number of aliphatic carboxylic acids is 1. The Labute approximate surface area is 381 Å². The molecule has 0 aliphatic heterocycles. The Bertz CT molecular complexity index is 833. The van der Waals surface area contributed by atoms with Gasteiger partial charge >= 0.3 is 11.9 Å². The highest BCUT2D eigenvalue weighted by Gasteiger charge is 2.08. The highest BCUT2D eigenvalue weighted by atomic mass is 16.5. The van der Waals surface area contributed by atoms with E-state index in [1.807, 2.05) is 0 Å². The first-order valence-electron chi connectivity index (χ1n) is 27.6. The summed E-state index contributed by atoms with van der Waals surface area (Å²) in [6.07, 6.45) is 60.0. The van der Waals surface area contributed by atoms with E-state index < -0.39 is 12.1 Å². The van der Waals surface area contributed by atoms with Gasteiger partial charge in [0.05, 0.1) is 6.61 Å². The number of aliphatic hydroxyl groups is 2. The monoisotopic (exact) mass is 867 g/mol. The van der Waals surface area contributed by atoms with E-state index in [-0.39, 0.29) is 19.2 Å². The summed E-state index contributed by atoms with van der Waals surface area (Å²) >= 11 is 0. The lowest BCUT2D eigenvalue weighted by Gasteiger charge is -2.14. The summed E-state index contributed by atoms with van der Waals surface area (Å²) in [6, 6.07) is 0. The van der Waals surface area contributed by atoms with Crippen LogP contribution in [0.4, 0.5) is 0 Å². The highest BCUT2D eigenvalue weighted by molar-refractivity contribution is 5.69. The molecular formula is C55H110O6. The second-order valence-corrected chi connectivity index (χ2v) is 19.1. The molecule has 366 valence electrons. The van der Waals surface area contributed by atoms with Crippen molar-refractivity contribution >= 4 is 11.9 Å². The van der Waals surface area contributed by atoms with Gasteiger partial charge in [-0.25, -0.2) is 0 Å². The van der Waals surface area contributed by atoms with Crippen LogP contribution in [0.1, 0.15) is 316 Å². The van der Waals surface area contributed by atoms with Crippen molar-refractivity contribution in [3.05, 3.63) is 0 Å². The van der Waals surface area contributed by atoms with Gasteiger partial charge in [-0.1, -0.05) is 290 Å². The standard InChI is InChI=1S/C43H86O4.C12H24O2/c1-3-5-6-7-8-9-10-11-12-15-18-21-24-27-30-33-36-41(4-2)37-34-31-28-25-22-19-16-13-14-17-20-23-26-29-32-35-38-43(46)47-40-42(45)39-44;1-2-3-4-5-6-7-8-9-10-11-12(13)14/h41-42,44-45H,3-40H2,1-2H3;2-11H2,1H3,(H,13,14). The molecule has 3 N–H and O–H groups in total. The molecule has 0 aromatic heterocycles. The molecule has 0 rings (SSSR count). The Morgan fingerprint density at radius 2 is 0.656 bits per heavy atom. The van der Waals surface area contributed by atoms with Crippen LogP contribution in [0.25, 0.3) is 0 Å². The molecule has 0 radical (unpaired) electrons. The minimum Gasteiger partial charge on any atom is -0.481 e. The van der Waals surface area contributed by atoms with E-state index >= 15 is 0 Å². The van der Waals surface area contributed by atoms with Crippen molar-refractivity contribution in [2.24, 2.45) is 5.92 Å². The Morgan fingerprint density at radius 1 is 0.393 bits per heavy atom. The van der Waals surface area contributed by atoms with Gasteiger partial charge in [-0.2, -0.15) is 0 Å². The number of aliphatic hydroxyl groups excluding tert-OH is 2. The minimum atomic E-state index is -0.958. The quantitative estimate of drug-likeness (QED) is 0.0416. The molecule has 0 spiro atoms. The van der Waals surface area contributed by atoms with Crippen molar-refractivity contribution in [2.75, 3.05) is 13.2 Å². The number of hydrogen-bond acceptors (Lipinski definition) is 5. The topological polar surface area (TPSA) is 104 Å². The van der Waals surface area contributed by atoms with Gasteiger partial charge in [-0.15, -0.1) is 0 Å². The average Bonchev–Trinajstić information content (AvgIpc) is 3.26. The van der Waals surface area contributed by atoms with Crippen molar-refractivity contribution < 1.29 is 29.6 Å². The van der Waals surface area contributed by atoms with E-state index in [2.05, 4.69) is 20.8 Å². The van der Waals surface area contributed by atoms with Gasteiger partial charge in [0.25, 0.3) is 0 Å². The number of carboxylic acids is 1. The fourth-order valence-corrected chi connectivity index (χ4v) is 8.61. The van der Waals surface area contributed by atoms with E-state index in [1.54, 1.807) is 0 Å². The van der Waals surface area contributed by atoms with E-state index in [0.29, 0.717) is 12.8 Å². The summed E-state index contributed by atoms with van der Waals surface area (Å²) in [4.78, 5) is 21.8. The zero-order valence-electron chi connectivity index (χ0n) is 41.7. The van der Waals surface area contributed by atoms with Crippen LogP contribution in [-0.2, 0) is 14.3 Å². The van der Waals surface area contributed by atoms with E-state index in [0.717, 1.165) is 31.6 Å². The molecule has 0 aliphatic carbocycles. The van der Waals surface area contributed by atoms with Crippen LogP contribution in [0.2, 0.25) is 0 Å². The second-order valence-electron chi connectivity index (χ2n) is 19.1. The van der Waals surface area contributed by atoms with Crippen molar-refractivity contribution in [3.8, 4) is 0 Å². The molecule has 0 aliphatic rings. The normalized spacial score (nSPS) is 12.3. The molecule has 2 unspecified atom stereocenters. The minimum absolute atomic E-state index is 0.103. The summed E-state index contributed by atoms with van der Waals surface area (Å²) in [6.45, 7) is 6.48. The lowest BCUT2D eigenvalue weighted by Crippen LogP contribution is -2.21. The van der Waals surface area contributed by atoms with Gasteiger partial charge in [0.1, 0.15) is 12.7 Å². The molecule has 0 saturated carbocycles. The van der Waals surface area contributed by atoms with Gasteiger partial charge in [0, 0.05) is 12.8 Å². The van der Waals surface area contributed by atoms with Crippen molar-refractivity contribution in [2.45, 2.75) is 322 Å². The third-order valence-corrected chi connectivity index (χ3v) is 12.9. The fourth-order valence-electron chi connectivity index (χ4n) is 8.61. The summed E-state index contributed by atoms with van der Waals surface area (Å²) in [5, 5.41) is 26.3. The maximum absolute atomic E-state index is 11.5. The molecule has 0 aromatic rings. The Morgan fingerprint density at radius 3 is 0.918 bits per heavy atom. The van der Waals surface area contributed by atoms with Crippen LogP contribution >= 0.6 is 0 Å². The first-order valence-corrected chi connectivity index (χ1v) is 27.6. The maximum Gasteiger partial charge on any atom is 0.305 e. The van der Waals surface area contributed by atoms with Crippen LogP contribution in [-0.4, -0.2) is 46.6 Å². The number of hydrogen-bond donors (Lipinski definition) is 3. The molecule has 6 heteroatoms. The second kappa shape index (κ2) is 55.0. The summed E-state index contributed by atoms with van der Waals surface area (Å²) in [5.41, 5.74) is 0. The molecule has 2 atom stereocenters. The van der Waals surface area contributed by atoms with Crippen molar-refractivity contribution in [3.63, 3.8) is 0 Å². The number of carboxylic acid groups (broad SMARTS) is 1. The van der Waals surface area contributed by atoms with Crippen LogP contribution < -0.4 is 0 Å². The highest BCUT2D eigenvalue weighted by Crippen LogP contribution is 2.22. The van der Waals surface area contributed by atoms with E-state index in [1.165, 1.54) is 257 Å². The van der Waals surface area contributed by atoms with Crippen LogP contribution in [0.3, 0.4) is 0 Å². The number of carbonyl (C=O) groups excluding carboxylic acids is 1. The van der Waals surface area contributed by atoms with Gasteiger partial charge < -0.3 is 20.1 Å². The predicted octanol–water partition coefficient (Wildman–Crippen LogP) is 17.6. The molecule has 0 bridgehead atoms. The number of carbonyl (C=O) groups is 2.